The minimum atomic E-state index is -0.480. The van der Waals surface area contributed by atoms with E-state index in [2.05, 4.69) is 41.8 Å². The summed E-state index contributed by atoms with van der Waals surface area (Å²) < 4.78 is 4.73. The van der Waals surface area contributed by atoms with E-state index in [4.69, 9.17) is 28.6 Å². The molecule has 0 aliphatic heterocycles. The lowest BCUT2D eigenvalue weighted by Gasteiger charge is -2.18. The summed E-state index contributed by atoms with van der Waals surface area (Å²) in [7, 11) is 1.32. The molecule has 4 nitrogen and oxygen atoms in total. The third-order valence-electron chi connectivity index (χ3n) is 4.13. The molecule has 0 saturated heterocycles. The molecule has 0 bridgehead atoms. The molecule has 1 atom stereocenters. The van der Waals surface area contributed by atoms with Crippen molar-refractivity contribution in [3.63, 3.8) is 0 Å². The molecule has 0 spiro atoms. The maximum atomic E-state index is 11.7. The Balaban J connectivity index is 1.90. The zero-order valence-corrected chi connectivity index (χ0v) is 16.5. The van der Waals surface area contributed by atoms with Crippen LogP contribution < -0.4 is 10.6 Å². The van der Waals surface area contributed by atoms with Crippen molar-refractivity contribution in [1.82, 2.24) is 5.32 Å². The van der Waals surface area contributed by atoms with E-state index in [-0.39, 0.29) is 0 Å². The predicted octanol–water partition coefficient (Wildman–Crippen LogP) is 4.68. The molecule has 0 saturated carbocycles. The molecule has 138 valence electrons. The molecule has 0 amide bonds. The molecule has 0 unspecified atom stereocenters. The minimum absolute atomic E-state index is 0.303. The zero-order valence-electron chi connectivity index (χ0n) is 14.9. The number of esters is 1. The molecular formula is C20H23ClN2O2S. The summed E-state index contributed by atoms with van der Waals surface area (Å²) in [5.41, 5.74) is 2.31. The van der Waals surface area contributed by atoms with Gasteiger partial charge in [-0.15, -0.1) is 0 Å². The topological polar surface area (TPSA) is 50.4 Å². The highest BCUT2D eigenvalue weighted by molar-refractivity contribution is 7.80. The molecule has 0 heterocycles. The van der Waals surface area contributed by atoms with E-state index in [1.807, 2.05) is 6.07 Å². The van der Waals surface area contributed by atoms with Gasteiger partial charge in [0, 0.05) is 12.2 Å². The van der Waals surface area contributed by atoms with Gasteiger partial charge in [0.05, 0.1) is 17.7 Å². The number of rotatable bonds is 7. The maximum Gasteiger partial charge on any atom is 0.339 e. The van der Waals surface area contributed by atoms with Crippen molar-refractivity contribution in [1.29, 1.82) is 0 Å². The highest BCUT2D eigenvalue weighted by atomic mass is 35.5. The first-order valence-electron chi connectivity index (χ1n) is 8.50. The number of benzene rings is 2. The fraction of sp³-hybridized carbons (Fsp3) is 0.300. The van der Waals surface area contributed by atoms with Crippen LogP contribution in [-0.4, -0.2) is 24.7 Å². The van der Waals surface area contributed by atoms with Crippen LogP contribution >= 0.6 is 23.8 Å². The van der Waals surface area contributed by atoms with Crippen molar-refractivity contribution >= 4 is 40.6 Å². The van der Waals surface area contributed by atoms with Gasteiger partial charge in [0.1, 0.15) is 0 Å². The standard InChI is InChI=1S/C20H23ClN2O2S/c1-3-14(11-15-7-5-4-6-8-15)13-22-20(26)23-16-9-10-18(21)17(12-16)19(24)25-2/h4-10,12,14H,3,11,13H2,1-2H3,(H2,22,23,26)/t14-/m1/s1. The fourth-order valence-electron chi connectivity index (χ4n) is 2.59. The Kier molecular flexibility index (Phi) is 7.88. The number of ether oxygens (including phenoxy) is 1. The first-order chi connectivity index (χ1) is 12.5. The van der Waals surface area contributed by atoms with Crippen molar-refractivity contribution in [2.24, 2.45) is 5.92 Å². The Morgan fingerprint density at radius 1 is 1.23 bits per heavy atom. The van der Waals surface area contributed by atoms with Crippen LogP contribution in [0, 0.1) is 5.92 Å². The Labute approximate surface area is 164 Å². The van der Waals surface area contributed by atoms with Crippen LogP contribution in [0.2, 0.25) is 5.02 Å². The van der Waals surface area contributed by atoms with Crippen LogP contribution in [0.3, 0.4) is 0 Å². The van der Waals surface area contributed by atoms with Crippen molar-refractivity contribution in [3.8, 4) is 0 Å². The molecule has 0 fully saturated rings. The minimum Gasteiger partial charge on any atom is -0.465 e. The number of carbonyl (C=O) groups is 1. The molecule has 0 aliphatic rings. The van der Waals surface area contributed by atoms with E-state index < -0.39 is 5.97 Å². The van der Waals surface area contributed by atoms with Gasteiger partial charge in [-0.25, -0.2) is 4.79 Å². The third-order valence-corrected chi connectivity index (χ3v) is 4.70. The lowest BCUT2D eigenvalue weighted by molar-refractivity contribution is 0.0601. The molecule has 26 heavy (non-hydrogen) atoms. The van der Waals surface area contributed by atoms with Gasteiger partial charge in [-0.2, -0.15) is 0 Å². The summed E-state index contributed by atoms with van der Waals surface area (Å²) in [6, 6.07) is 15.5. The van der Waals surface area contributed by atoms with Gasteiger partial charge < -0.3 is 15.4 Å². The zero-order chi connectivity index (χ0) is 18.9. The summed E-state index contributed by atoms with van der Waals surface area (Å²) in [5.74, 6) is -0.000524. The average Bonchev–Trinajstić information content (AvgIpc) is 2.66. The Hall–Kier alpha value is -2.11. The lowest BCUT2D eigenvalue weighted by atomic mass is 9.97. The van der Waals surface area contributed by atoms with E-state index in [0.717, 1.165) is 19.4 Å². The highest BCUT2D eigenvalue weighted by Crippen LogP contribution is 2.21. The van der Waals surface area contributed by atoms with E-state index in [9.17, 15) is 4.79 Å². The van der Waals surface area contributed by atoms with E-state index in [0.29, 0.717) is 27.3 Å². The summed E-state index contributed by atoms with van der Waals surface area (Å²) in [5, 5.41) is 7.19. The molecule has 2 aromatic rings. The molecule has 2 rings (SSSR count). The van der Waals surface area contributed by atoms with Gasteiger partial charge in [-0.05, 0) is 48.3 Å². The number of hydrogen-bond donors (Lipinski definition) is 2. The number of anilines is 1. The quantitative estimate of drug-likeness (QED) is 0.531. The normalized spacial score (nSPS) is 11.5. The summed E-state index contributed by atoms with van der Waals surface area (Å²) in [6.07, 6.45) is 2.05. The van der Waals surface area contributed by atoms with Crippen LogP contribution in [-0.2, 0) is 11.2 Å². The van der Waals surface area contributed by atoms with Crippen LogP contribution in [0.4, 0.5) is 5.69 Å². The molecular weight excluding hydrogens is 368 g/mol. The second kappa shape index (κ2) is 10.1. The highest BCUT2D eigenvalue weighted by Gasteiger charge is 2.12. The first kappa shape index (κ1) is 20.2. The maximum absolute atomic E-state index is 11.7. The Morgan fingerprint density at radius 2 is 1.96 bits per heavy atom. The van der Waals surface area contributed by atoms with Crippen LogP contribution in [0.1, 0.15) is 29.3 Å². The van der Waals surface area contributed by atoms with Gasteiger partial charge in [0.15, 0.2) is 5.11 Å². The third kappa shape index (κ3) is 6.00. The van der Waals surface area contributed by atoms with Crippen LogP contribution in [0.5, 0.6) is 0 Å². The fourth-order valence-corrected chi connectivity index (χ4v) is 2.99. The largest absolute Gasteiger partial charge is 0.465 e. The van der Waals surface area contributed by atoms with Crippen molar-refractivity contribution < 1.29 is 9.53 Å². The van der Waals surface area contributed by atoms with Crippen molar-refractivity contribution in [2.75, 3.05) is 19.0 Å². The molecule has 2 N–H and O–H groups in total. The van der Waals surface area contributed by atoms with Gasteiger partial charge in [-0.3, -0.25) is 0 Å². The Bertz CT molecular complexity index is 753. The lowest BCUT2D eigenvalue weighted by Crippen LogP contribution is -2.33. The van der Waals surface area contributed by atoms with Crippen molar-refractivity contribution in [3.05, 3.63) is 64.7 Å². The van der Waals surface area contributed by atoms with Gasteiger partial charge >= 0.3 is 5.97 Å². The number of halogens is 1. The Morgan fingerprint density at radius 3 is 2.62 bits per heavy atom. The van der Waals surface area contributed by atoms with Crippen LogP contribution in [0.25, 0.3) is 0 Å². The summed E-state index contributed by atoms with van der Waals surface area (Å²) in [4.78, 5) is 11.7. The second-order valence-electron chi connectivity index (χ2n) is 5.99. The van der Waals surface area contributed by atoms with E-state index in [1.165, 1.54) is 12.7 Å². The number of carbonyl (C=O) groups excluding carboxylic acids is 1. The summed E-state index contributed by atoms with van der Waals surface area (Å²) >= 11 is 11.4. The van der Waals surface area contributed by atoms with Gasteiger partial charge in [-0.1, -0.05) is 55.3 Å². The monoisotopic (exact) mass is 390 g/mol. The second-order valence-corrected chi connectivity index (χ2v) is 6.80. The predicted molar refractivity (Wildman–Crippen MR) is 111 cm³/mol. The molecule has 6 heteroatoms. The molecule has 0 radical (unpaired) electrons. The van der Waals surface area contributed by atoms with E-state index >= 15 is 0 Å². The van der Waals surface area contributed by atoms with Crippen LogP contribution in [0.15, 0.2) is 48.5 Å². The van der Waals surface area contributed by atoms with Crippen molar-refractivity contribution in [2.45, 2.75) is 19.8 Å². The summed E-state index contributed by atoms with van der Waals surface area (Å²) in [6.45, 7) is 2.95. The average molecular weight is 391 g/mol. The van der Waals surface area contributed by atoms with Gasteiger partial charge in [0.2, 0.25) is 0 Å². The number of thiocarbonyl (C=S) groups is 1. The first-order valence-corrected chi connectivity index (χ1v) is 9.28. The number of methoxy groups -OCH3 is 1. The number of hydrogen-bond acceptors (Lipinski definition) is 3. The SMILES string of the molecule is CC[C@@H](CNC(=S)Nc1ccc(Cl)c(C(=O)OC)c1)Cc1ccccc1. The molecule has 0 aliphatic carbocycles. The molecule has 0 aromatic heterocycles. The smallest absolute Gasteiger partial charge is 0.339 e. The van der Waals surface area contributed by atoms with Gasteiger partial charge in [0.25, 0.3) is 0 Å². The number of nitrogens with one attached hydrogen (secondary N) is 2. The molecule has 2 aromatic carbocycles. The van der Waals surface area contributed by atoms with E-state index in [1.54, 1.807) is 18.2 Å².